The summed E-state index contributed by atoms with van der Waals surface area (Å²) < 4.78 is 296. The second-order valence-corrected chi connectivity index (χ2v) is 13.4. The fourth-order valence-corrected chi connectivity index (χ4v) is 7.05. The van der Waals surface area contributed by atoms with E-state index < -0.39 is 144 Å². The predicted molar refractivity (Wildman–Crippen MR) is 186 cm³/mol. The summed E-state index contributed by atoms with van der Waals surface area (Å²) in [5, 5.41) is 9.39. The second-order valence-electron chi connectivity index (χ2n) is 13.4. The van der Waals surface area contributed by atoms with Crippen molar-refractivity contribution >= 4 is 28.0 Å². The van der Waals surface area contributed by atoms with Crippen molar-refractivity contribution in [1.82, 2.24) is 4.98 Å². The first kappa shape index (κ1) is 47.3. The maximum Gasteiger partial charge on any atom is 0.231 e. The van der Waals surface area contributed by atoms with Crippen LogP contribution in [0.5, 0.6) is 5.75 Å². The van der Waals surface area contributed by atoms with E-state index >= 15 is 35.1 Å². The lowest BCUT2D eigenvalue weighted by atomic mass is 9.12. The molecule has 0 aliphatic rings. The first-order chi connectivity index (χ1) is 30.5. The third-order valence-electron chi connectivity index (χ3n) is 9.90. The lowest BCUT2D eigenvalue weighted by Crippen LogP contribution is -2.81. The molecule has 3 nitrogen and oxygen atoms in total. The Kier molecular flexibility index (Phi) is 13.0. The van der Waals surface area contributed by atoms with E-state index in [-0.39, 0.29) is 5.75 Å². The Hall–Kier alpha value is -7.14. The van der Waals surface area contributed by atoms with Gasteiger partial charge < -0.3 is 5.11 Å². The number of halogens is 20. The summed E-state index contributed by atoms with van der Waals surface area (Å²) in [6, 6.07) is 17.5. The van der Waals surface area contributed by atoms with E-state index in [4.69, 9.17) is 0 Å². The minimum absolute atomic E-state index is 0.271. The molecule has 0 amide bonds. The minimum atomic E-state index is -7.22. The third kappa shape index (κ3) is 7.62. The summed E-state index contributed by atoms with van der Waals surface area (Å²) in [7, 11) is 0. The standard InChI is InChI=1S/C24BF20.C17H14N2O/c26-5-1(6(27)14(35)21(42)13(5)34)25(2-7(28)15(36)22(43)16(37)8(2)29,3-9(30)17(38)23(44)18(39)10(3)31)4-11(32)19(40)24(45)20(41)12(4)33;20-16-8-6-15(7-9-16)17-12-18-10-11-19(17)13-14-4-2-1-3-5-14/h;1-12H,13H2/q-1;/p+1. The Balaban J connectivity index is 0.000000289. The van der Waals surface area contributed by atoms with Crippen molar-refractivity contribution in [1.29, 1.82) is 0 Å². The van der Waals surface area contributed by atoms with Gasteiger partial charge in [-0.15, -0.1) is 21.9 Å². The Morgan fingerprint density at radius 3 is 0.985 bits per heavy atom. The fourth-order valence-electron chi connectivity index (χ4n) is 7.05. The highest BCUT2D eigenvalue weighted by Gasteiger charge is 2.52. The normalized spacial score (nSPS) is 11.5. The SMILES string of the molecule is Fc1c(F)c(F)c([B-](c2c(F)c(F)c(F)c(F)c2F)(c2c(F)c(F)c(F)c(F)c2F)c2c(F)c(F)c(F)c(F)c2F)c(F)c1F.Oc1ccc(-c2cncc[n+]2Cc2ccccc2)cc1. The molecule has 65 heavy (non-hydrogen) atoms. The van der Waals surface area contributed by atoms with Crippen LogP contribution in [0.15, 0.2) is 73.2 Å². The summed E-state index contributed by atoms with van der Waals surface area (Å²) in [5.41, 5.74) is -11.0. The molecule has 0 saturated heterocycles. The molecule has 338 valence electrons. The number of aromatic nitrogens is 2. The van der Waals surface area contributed by atoms with Crippen LogP contribution in [-0.4, -0.2) is 16.2 Å². The third-order valence-corrected chi connectivity index (χ3v) is 9.90. The van der Waals surface area contributed by atoms with Crippen molar-refractivity contribution in [3.8, 4) is 17.0 Å². The lowest BCUT2D eigenvalue weighted by molar-refractivity contribution is -0.678. The highest BCUT2D eigenvalue weighted by Crippen LogP contribution is 2.31. The van der Waals surface area contributed by atoms with E-state index in [0.717, 1.165) is 17.8 Å². The topological polar surface area (TPSA) is 37.0 Å². The fraction of sp³-hybridized carbons (Fsp3) is 0.0244. The minimum Gasteiger partial charge on any atom is -0.508 e. The zero-order valence-electron chi connectivity index (χ0n) is 31.1. The maximum absolute atomic E-state index is 15.4. The Morgan fingerprint density at radius 2 is 0.677 bits per heavy atom. The molecule has 1 aromatic heterocycles. The molecule has 0 aliphatic heterocycles. The number of phenols is 1. The van der Waals surface area contributed by atoms with Gasteiger partial charge in [0.1, 0.15) is 58.4 Å². The summed E-state index contributed by atoms with van der Waals surface area (Å²) >= 11 is 0. The van der Waals surface area contributed by atoms with Crippen LogP contribution in [0.2, 0.25) is 0 Å². The van der Waals surface area contributed by atoms with Crippen LogP contribution in [0, 0.1) is 116 Å². The van der Waals surface area contributed by atoms with Crippen molar-refractivity contribution < 1.29 is 97.5 Å². The van der Waals surface area contributed by atoms with Gasteiger partial charge in [0.05, 0.1) is 12.4 Å². The van der Waals surface area contributed by atoms with E-state index in [9.17, 15) is 57.8 Å². The second kappa shape index (κ2) is 17.8. The van der Waals surface area contributed by atoms with Gasteiger partial charge in [0.2, 0.25) is 5.69 Å². The van der Waals surface area contributed by atoms with Gasteiger partial charge in [-0.3, -0.25) is 4.98 Å². The molecule has 0 unspecified atom stereocenters. The highest BCUT2D eigenvalue weighted by molar-refractivity contribution is 7.20. The number of hydrogen-bond donors (Lipinski definition) is 1. The van der Waals surface area contributed by atoms with Crippen molar-refractivity contribution in [2.45, 2.75) is 6.54 Å². The van der Waals surface area contributed by atoms with Crippen LogP contribution < -0.4 is 26.4 Å². The van der Waals surface area contributed by atoms with Gasteiger partial charge in [0, 0.05) is 11.1 Å². The van der Waals surface area contributed by atoms with Crippen LogP contribution in [0.3, 0.4) is 0 Å². The van der Waals surface area contributed by atoms with Gasteiger partial charge in [-0.05, 0) is 24.3 Å². The first-order valence-corrected chi connectivity index (χ1v) is 17.4. The molecular formula is C41H15BF20N2O. The molecule has 0 atom stereocenters. The zero-order valence-corrected chi connectivity index (χ0v) is 31.1. The van der Waals surface area contributed by atoms with E-state index in [0.29, 0.717) is 0 Å². The van der Waals surface area contributed by atoms with E-state index in [1.54, 1.807) is 18.3 Å². The predicted octanol–water partition coefficient (Wildman–Crippen LogP) is 8.64. The molecule has 0 radical (unpaired) electrons. The molecular weight excluding hydrogens is 927 g/mol. The molecule has 7 rings (SSSR count). The van der Waals surface area contributed by atoms with Crippen molar-refractivity contribution in [2.24, 2.45) is 0 Å². The first-order valence-electron chi connectivity index (χ1n) is 17.4. The Labute approximate surface area is 349 Å². The summed E-state index contributed by atoms with van der Waals surface area (Å²) in [4.78, 5) is 4.20. The van der Waals surface area contributed by atoms with Gasteiger partial charge in [-0.1, -0.05) is 30.3 Å². The van der Waals surface area contributed by atoms with E-state index in [2.05, 4.69) is 21.7 Å². The number of rotatable bonds is 7. The van der Waals surface area contributed by atoms with E-state index in [1.807, 2.05) is 42.7 Å². The molecule has 0 fully saturated rings. The largest absolute Gasteiger partial charge is 0.508 e. The average Bonchev–Trinajstić information content (AvgIpc) is 3.30. The van der Waals surface area contributed by atoms with Gasteiger partial charge in [-0.25, -0.2) is 87.8 Å². The molecule has 1 heterocycles. The Morgan fingerprint density at radius 1 is 0.385 bits per heavy atom. The molecule has 0 bridgehead atoms. The molecule has 1 N–H and O–H groups in total. The smallest absolute Gasteiger partial charge is 0.231 e. The Bertz CT molecular complexity index is 2650. The van der Waals surface area contributed by atoms with Crippen molar-refractivity contribution in [3.63, 3.8) is 0 Å². The quantitative estimate of drug-likeness (QED) is 0.0572. The maximum atomic E-state index is 15.4. The van der Waals surface area contributed by atoms with Crippen LogP contribution in [0.4, 0.5) is 87.8 Å². The highest BCUT2D eigenvalue weighted by atomic mass is 19.2. The summed E-state index contributed by atoms with van der Waals surface area (Å²) in [6.45, 7) is 0.791. The molecule has 24 heteroatoms. The molecule has 6 aromatic carbocycles. The van der Waals surface area contributed by atoms with Crippen molar-refractivity contribution in [3.05, 3.63) is 195 Å². The monoisotopic (exact) mass is 942 g/mol. The average molecular weight is 942 g/mol. The van der Waals surface area contributed by atoms with Gasteiger partial charge in [0.15, 0.2) is 82.5 Å². The number of hydrogen-bond acceptors (Lipinski definition) is 2. The number of phenolic OH excluding ortho intramolecular Hbond substituents is 1. The lowest BCUT2D eigenvalue weighted by Gasteiger charge is -2.44. The van der Waals surface area contributed by atoms with E-state index in [1.165, 1.54) is 5.56 Å². The zero-order chi connectivity index (χ0) is 48.1. The van der Waals surface area contributed by atoms with Crippen LogP contribution in [-0.2, 0) is 6.54 Å². The molecule has 7 aromatic rings. The van der Waals surface area contributed by atoms with Gasteiger partial charge in [0.25, 0.3) is 0 Å². The number of nitrogens with zero attached hydrogens (tertiary/aromatic N) is 2. The van der Waals surface area contributed by atoms with Crippen LogP contribution in [0.25, 0.3) is 11.3 Å². The molecule has 0 aliphatic carbocycles. The molecule has 0 saturated carbocycles. The summed E-state index contributed by atoms with van der Waals surface area (Å²) in [6.07, 6.45) is -1.62. The summed E-state index contributed by atoms with van der Waals surface area (Å²) in [5.74, 6) is -71.1. The van der Waals surface area contributed by atoms with Gasteiger partial charge in [-0.2, -0.15) is 4.57 Å². The van der Waals surface area contributed by atoms with Crippen LogP contribution >= 0.6 is 0 Å². The number of benzene rings is 6. The van der Waals surface area contributed by atoms with Gasteiger partial charge >= 0.3 is 0 Å². The number of aromatic hydroxyl groups is 1. The molecule has 0 spiro atoms. The van der Waals surface area contributed by atoms with Crippen molar-refractivity contribution in [2.75, 3.05) is 0 Å². The van der Waals surface area contributed by atoms with Crippen LogP contribution in [0.1, 0.15) is 5.56 Å².